The predicted molar refractivity (Wildman–Crippen MR) is 134 cm³/mol. The first kappa shape index (κ1) is 25.5. The molecule has 8 nitrogen and oxygen atoms in total. The minimum absolute atomic E-state index is 0.0812. The molecule has 1 aromatic heterocycles. The SMILES string of the molecule is CN(CC1CCC(C(=O)N2CCc3c([nH]c4ccccc34)C2CC(O)O)CC1)C(=O)OC(C)(C)C. The van der Waals surface area contributed by atoms with Gasteiger partial charge in [-0.25, -0.2) is 4.79 Å². The average molecular weight is 486 g/mol. The van der Waals surface area contributed by atoms with Gasteiger partial charge in [0.2, 0.25) is 5.91 Å². The number of hydrogen-bond donors (Lipinski definition) is 3. The number of benzene rings is 1. The number of carbonyl (C=O) groups is 2. The lowest BCUT2D eigenvalue weighted by molar-refractivity contribution is -0.142. The molecule has 1 atom stereocenters. The molecule has 8 heteroatoms. The van der Waals surface area contributed by atoms with Crippen molar-refractivity contribution in [2.45, 2.75) is 77.2 Å². The first-order chi connectivity index (χ1) is 16.5. The Morgan fingerprint density at radius 3 is 2.51 bits per heavy atom. The van der Waals surface area contributed by atoms with Gasteiger partial charge >= 0.3 is 6.09 Å². The summed E-state index contributed by atoms with van der Waals surface area (Å²) in [6.07, 6.45) is 2.33. The summed E-state index contributed by atoms with van der Waals surface area (Å²) in [5.41, 5.74) is 2.59. The number of H-pyrrole nitrogens is 1. The average Bonchev–Trinajstić information content (AvgIpc) is 3.17. The fourth-order valence-electron chi connectivity index (χ4n) is 5.66. The van der Waals surface area contributed by atoms with E-state index in [1.54, 1.807) is 11.9 Å². The molecule has 1 aliphatic carbocycles. The molecule has 1 aromatic carbocycles. The van der Waals surface area contributed by atoms with Crippen molar-refractivity contribution in [1.82, 2.24) is 14.8 Å². The normalized spacial score (nSPS) is 22.8. The van der Waals surface area contributed by atoms with Crippen LogP contribution < -0.4 is 0 Å². The van der Waals surface area contributed by atoms with Gasteiger partial charge < -0.3 is 29.7 Å². The second-order valence-corrected chi connectivity index (χ2v) is 11.2. The summed E-state index contributed by atoms with van der Waals surface area (Å²) >= 11 is 0. The molecule has 2 amide bonds. The van der Waals surface area contributed by atoms with Crippen LogP contribution in [-0.2, 0) is 16.0 Å². The number of aromatic amines is 1. The van der Waals surface area contributed by atoms with E-state index in [0.717, 1.165) is 48.7 Å². The van der Waals surface area contributed by atoms with Gasteiger partial charge in [0.05, 0.1) is 6.04 Å². The molecule has 3 N–H and O–H groups in total. The number of aliphatic hydroxyl groups is 2. The highest BCUT2D eigenvalue weighted by atomic mass is 16.6. The Labute approximate surface area is 207 Å². The number of ether oxygens (including phenoxy) is 1. The molecule has 2 aromatic rings. The number of fused-ring (bicyclic) bond motifs is 3. The van der Waals surface area contributed by atoms with Gasteiger partial charge in [0.1, 0.15) is 5.60 Å². The maximum absolute atomic E-state index is 13.6. The smallest absolute Gasteiger partial charge is 0.410 e. The summed E-state index contributed by atoms with van der Waals surface area (Å²) in [4.78, 5) is 32.9. The number of nitrogens with zero attached hydrogens (tertiary/aromatic N) is 2. The van der Waals surface area contributed by atoms with Crippen LogP contribution in [0.25, 0.3) is 10.9 Å². The van der Waals surface area contributed by atoms with Gasteiger partial charge in [0, 0.05) is 49.1 Å². The number of carbonyl (C=O) groups excluding carboxylic acids is 2. The van der Waals surface area contributed by atoms with Gasteiger partial charge in [-0.15, -0.1) is 0 Å². The number of para-hydroxylation sites is 1. The van der Waals surface area contributed by atoms with Crippen LogP contribution in [-0.4, -0.2) is 69.0 Å². The lowest BCUT2D eigenvalue weighted by Gasteiger charge is -2.40. The molecule has 1 fully saturated rings. The van der Waals surface area contributed by atoms with E-state index >= 15 is 0 Å². The Kier molecular flexibility index (Phi) is 7.43. The standard InChI is InChI=1S/C27H39N3O5/c1-27(2,3)35-26(34)29(4)16-17-9-11-18(12-10-17)25(33)30-14-13-20-19-7-5-6-8-21(19)28-24(20)22(30)15-23(31)32/h5-8,17-18,22-23,28,31-32H,9-16H2,1-4H3. The van der Waals surface area contributed by atoms with E-state index in [4.69, 9.17) is 4.74 Å². The monoisotopic (exact) mass is 485 g/mol. The molecule has 1 aliphatic heterocycles. The van der Waals surface area contributed by atoms with Crippen molar-refractivity contribution < 1.29 is 24.5 Å². The second-order valence-electron chi connectivity index (χ2n) is 11.2. The van der Waals surface area contributed by atoms with Crippen LogP contribution >= 0.6 is 0 Å². The van der Waals surface area contributed by atoms with Crippen LogP contribution in [0, 0.1) is 11.8 Å². The van der Waals surface area contributed by atoms with Crippen molar-refractivity contribution in [3.8, 4) is 0 Å². The van der Waals surface area contributed by atoms with Crippen LogP contribution in [0.1, 0.15) is 70.2 Å². The van der Waals surface area contributed by atoms with Crippen LogP contribution in [0.3, 0.4) is 0 Å². The summed E-state index contributed by atoms with van der Waals surface area (Å²) in [5.74, 6) is 0.356. The van der Waals surface area contributed by atoms with Gasteiger partial charge in [-0.2, -0.15) is 0 Å². The lowest BCUT2D eigenvalue weighted by atomic mass is 9.80. The zero-order valence-electron chi connectivity index (χ0n) is 21.3. The third kappa shape index (κ3) is 5.81. The van der Waals surface area contributed by atoms with Gasteiger partial charge in [-0.3, -0.25) is 4.79 Å². The largest absolute Gasteiger partial charge is 0.444 e. The topological polar surface area (TPSA) is 106 Å². The Morgan fingerprint density at radius 2 is 1.86 bits per heavy atom. The molecular formula is C27H39N3O5. The van der Waals surface area contributed by atoms with Crippen molar-refractivity contribution in [1.29, 1.82) is 0 Å². The molecule has 0 saturated heterocycles. The molecule has 0 bridgehead atoms. The third-order valence-corrected chi connectivity index (χ3v) is 7.31. The van der Waals surface area contributed by atoms with Crippen LogP contribution in [0.5, 0.6) is 0 Å². The number of aliphatic hydroxyl groups excluding tert-OH is 1. The fraction of sp³-hybridized carbons (Fsp3) is 0.630. The fourth-order valence-corrected chi connectivity index (χ4v) is 5.66. The molecule has 1 saturated carbocycles. The van der Waals surface area contributed by atoms with E-state index in [1.807, 2.05) is 43.9 Å². The summed E-state index contributed by atoms with van der Waals surface area (Å²) in [7, 11) is 1.77. The summed E-state index contributed by atoms with van der Waals surface area (Å²) < 4.78 is 5.46. The van der Waals surface area contributed by atoms with E-state index in [0.29, 0.717) is 19.0 Å². The quantitative estimate of drug-likeness (QED) is 0.556. The van der Waals surface area contributed by atoms with Crippen LogP contribution in [0.4, 0.5) is 4.79 Å². The van der Waals surface area contributed by atoms with Gasteiger partial charge in [0.15, 0.2) is 6.29 Å². The first-order valence-electron chi connectivity index (χ1n) is 12.7. The molecular weight excluding hydrogens is 446 g/mol. The number of nitrogens with one attached hydrogen (secondary N) is 1. The van der Waals surface area contributed by atoms with E-state index < -0.39 is 11.9 Å². The molecule has 2 heterocycles. The van der Waals surface area contributed by atoms with Crippen molar-refractivity contribution in [2.75, 3.05) is 20.1 Å². The zero-order valence-corrected chi connectivity index (χ0v) is 21.3. The first-order valence-corrected chi connectivity index (χ1v) is 12.7. The van der Waals surface area contributed by atoms with Crippen molar-refractivity contribution in [2.24, 2.45) is 11.8 Å². The molecule has 1 unspecified atom stereocenters. The predicted octanol–water partition coefficient (Wildman–Crippen LogP) is 3.97. The van der Waals surface area contributed by atoms with E-state index in [2.05, 4.69) is 11.1 Å². The minimum atomic E-state index is -1.49. The summed E-state index contributed by atoms with van der Waals surface area (Å²) in [6.45, 7) is 6.78. The highest BCUT2D eigenvalue weighted by Crippen LogP contribution is 2.39. The summed E-state index contributed by atoms with van der Waals surface area (Å²) in [5, 5.41) is 20.8. The van der Waals surface area contributed by atoms with E-state index in [1.165, 1.54) is 5.56 Å². The maximum atomic E-state index is 13.6. The highest BCUT2D eigenvalue weighted by molar-refractivity contribution is 5.86. The Hall–Kier alpha value is -2.58. The van der Waals surface area contributed by atoms with Gasteiger partial charge in [-0.1, -0.05) is 18.2 Å². The Bertz CT molecular complexity index is 1050. The van der Waals surface area contributed by atoms with E-state index in [-0.39, 0.29) is 30.4 Å². The van der Waals surface area contributed by atoms with Gasteiger partial charge in [0.25, 0.3) is 0 Å². The van der Waals surface area contributed by atoms with Crippen molar-refractivity contribution in [3.63, 3.8) is 0 Å². The number of rotatable bonds is 5. The number of hydrogen-bond acceptors (Lipinski definition) is 5. The maximum Gasteiger partial charge on any atom is 0.410 e. The molecule has 2 aliphatic rings. The molecule has 192 valence electrons. The second kappa shape index (κ2) is 10.2. The lowest BCUT2D eigenvalue weighted by Crippen LogP contribution is -2.45. The Morgan fingerprint density at radius 1 is 1.17 bits per heavy atom. The van der Waals surface area contributed by atoms with Crippen molar-refractivity contribution >= 4 is 22.9 Å². The van der Waals surface area contributed by atoms with E-state index in [9.17, 15) is 19.8 Å². The minimum Gasteiger partial charge on any atom is -0.444 e. The van der Waals surface area contributed by atoms with Crippen LogP contribution in [0.2, 0.25) is 0 Å². The molecule has 0 spiro atoms. The zero-order chi connectivity index (χ0) is 25.3. The van der Waals surface area contributed by atoms with Gasteiger partial charge in [-0.05, 0) is 70.4 Å². The van der Waals surface area contributed by atoms with Crippen LogP contribution in [0.15, 0.2) is 24.3 Å². The molecule has 0 radical (unpaired) electrons. The number of amides is 2. The van der Waals surface area contributed by atoms with Crippen molar-refractivity contribution in [3.05, 3.63) is 35.5 Å². The Balaban J connectivity index is 1.40. The third-order valence-electron chi connectivity index (χ3n) is 7.31. The number of aromatic nitrogens is 1. The summed E-state index contributed by atoms with van der Waals surface area (Å²) in [6, 6.07) is 7.69. The molecule has 35 heavy (non-hydrogen) atoms. The molecule has 4 rings (SSSR count). The highest BCUT2D eigenvalue weighted by Gasteiger charge is 2.38.